The molecule has 2 N–H and O–H groups in total. The lowest BCUT2D eigenvalue weighted by Crippen LogP contribution is -2.28. The Hall–Kier alpha value is -3.02. The number of urea groups is 1. The lowest BCUT2D eigenvalue weighted by atomic mass is 9.96. The van der Waals surface area contributed by atoms with Gasteiger partial charge in [-0.15, -0.1) is 0 Å². The third-order valence-corrected chi connectivity index (χ3v) is 4.88. The highest BCUT2D eigenvalue weighted by Crippen LogP contribution is 2.35. The molecule has 2 aromatic carbocycles. The van der Waals surface area contributed by atoms with Gasteiger partial charge in [0.15, 0.2) is 0 Å². The Balaban J connectivity index is 1.49. The Labute approximate surface area is 165 Å². The average Bonchev–Trinajstić information content (AvgIpc) is 3.08. The Morgan fingerprint density at radius 2 is 1.86 bits per heavy atom. The van der Waals surface area contributed by atoms with E-state index in [1.807, 2.05) is 48.5 Å². The van der Waals surface area contributed by atoms with E-state index in [9.17, 15) is 9.59 Å². The number of cyclic esters (lactones) is 1. The number of benzene rings is 2. The lowest BCUT2D eigenvalue weighted by Gasteiger charge is -2.11. The zero-order chi connectivity index (χ0) is 19.9. The molecule has 0 spiro atoms. The van der Waals surface area contributed by atoms with Crippen LogP contribution in [-0.4, -0.2) is 19.1 Å². The normalized spacial score (nSPS) is 18.4. The van der Waals surface area contributed by atoms with Crippen molar-refractivity contribution in [2.24, 2.45) is 5.92 Å². The van der Waals surface area contributed by atoms with Gasteiger partial charge in [0.05, 0.1) is 13.0 Å². The summed E-state index contributed by atoms with van der Waals surface area (Å²) in [5, 5.41) is 5.63. The van der Waals surface area contributed by atoms with Crippen molar-refractivity contribution in [2.45, 2.75) is 38.8 Å². The number of carbonyl (C=O) groups excluding carboxylic acids is 2. The molecule has 2 atom stereocenters. The number of carbonyl (C=O) groups is 2. The third kappa shape index (κ3) is 5.03. The number of amides is 2. The van der Waals surface area contributed by atoms with Gasteiger partial charge in [-0.25, -0.2) is 4.79 Å². The third-order valence-electron chi connectivity index (χ3n) is 4.88. The van der Waals surface area contributed by atoms with E-state index in [1.165, 1.54) is 0 Å². The van der Waals surface area contributed by atoms with Crippen molar-refractivity contribution in [3.05, 3.63) is 59.7 Å². The van der Waals surface area contributed by atoms with Gasteiger partial charge in [0.1, 0.15) is 11.9 Å². The second-order valence-electron chi connectivity index (χ2n) is 6.92. The van der Waals surface area contributed by atoms with Gasteiger partial charge in [-0.3, -0.25) is 4.79 Å². The molecule has 0 radical (unpaired) electrons. The highest BCUT2D eigenvalue weighted by molar-refractivity contribution is 5.89. The van der Waals surface area contributed by atoms with E-state index in [0.29, 0.717) is 12.2 Å². The van der Waals surface area contributed by atoms with E-state index in [4.69, 9.17) is 9.47 Å². The van der Waals surface area contributed by atoms with Crippen molar-refractivity contribution in [3.8, 4) is 5.75 Å². The Morgan fingerprint density at radius 3 is 2.50 bits per heavy atom. The maximum absolute atomic E-state index is 12.1. The van der Waals surface area contributed by atoms with Crippen LogP contribution < -0.4 is 15.4 Å². The molecule has 3 rings (SSSR count). The van der Waals surface area contributed by atoms with Crippen LogP contribution in [0.15, 0.2) is 48.5 Å². The first kappa shape index (κ1) is 19.7. The van der Waals surface area contributed by atoms with Gasteiger partial charge in [0.25, 0.3) is 0 Å². The number of hydrogen-bond acceptors (Lipinski definition) is 4. The maximum Gasteiger partial charge on any atom is 0.319 e. The molecule has 1 saturated heterocycles. The standard InChI is InChI=1S/C22H26N2O4/c1-3-4-17-13-20(28-21(17)25)16-7-9-18(10-8-16)24-22(26)23-14-15-5-11-19(27-2)12-6-15/h5-12,17,20H,3-4,13-14H2,1-2H3,(H2,23,24,26). The minimum Gasteiger partial charge on any atom is -0.497 e. The summed E-state index contributed by atoms with van der Waals surface area (Å²) in [6.45, 7) is 2.49. The van der Waals surface area contributed by atoms with Gasteiger partial charge in [-0.05, 0) is 41.8 Å². The smallest absolute Gasteiger partial charge is 0.319 e. The quantitative estimate of drug-likeness (QED) is 0.695. The van der Waals surface area contributed by atoms with Crippen molar-refractivity contribution in [1.29, 1.82) is 0 Å². The van der Waals surface area contributed by atoms with Crippen LogP contribution >= 0.6 is 0 Å². The molecule has 28 heavy (non-hydrogen) atoms. The molecule has 2 amide bonds. The number of esters is 1. The summed E-state index contributed by atoms with van der Waals surface area (Å²) in [7, 11) is 1.62. The van der Waals surface area contributed by atoms with Crippen LogP contribution in [0, 0.1) is 5.92 Å². The molecule has 0 aliphatic carbocycles. The molecule has 0 bridgehead atoms. The second kappa shape index (κ2) is 9.26. The van der Waals surface area contributed by atoms with Gasteiger partial charge in [0.2, 0.25) is 0 Å². The monoisotopic (exact) mass is 382 g/mol. The molecule has 2 aromatic rings. The van der Waals surface area contributed by atoms with E-state index in [-0.39, 0.29) is 24.0 Å². The van der Waals surface area contributed by atoms with Gasteiger partial charge < -0.3 is 20.1 Å². The van der Waals surface area contributed by atoms with Crippen molar-refractivity contribution in [2.75, 3.05) is 12.4 Å². The van der Waals surface area contributed by atoms with Crippen LogP contribution in [0.1, 0.15) is 43.4 Å². The molecule has 0 aromatic heterocycles. The van der Waals surface area contributed by atoms with Crippen LogP contribution in [0.2, 0.25) is 0 Å². The fourth-order valence-electron chi connectivity index (χ4n) is 3.31. The van der Waals surface area contributed by atoms with Crippen molar-refractivity contribution >= 4 is 17.7 Å². The van der Waals surface area contributed by atoms with Gasteiger partial charge >= 0.3 is 12.0 Å². The average molecular weight is 382 g/mol. The topological polar surface area (TPSA) is 76.7 Å². The number of anilines is 1. The molecule has 6 nitrogen and oxygen atoms in total. The highest BCUT2D eigenvalue weighted by Gasteiger charge is 2.34. The largest absolute Gasteiger partial charge is 0.497 e. The molecular formula is C22H26N2O4. The predicted octanol–water partition coefficient (Wildman–Crippen LogP) is 4.42. The Morgan fingerprint density at radius 1 is 1.14 bits per heavy atom. The van der Waals surface area contributed by atoms with Crippen LogP contribution in [0.3, 0.4) is 0 Å². The summed E-state index contributed by atoms with van der Waals surface area (Å²) in [6.07, 6.45) is 2.37. The lowest BCUT2D eigenvalue weighted by molar-refractivity contribution is -0.144. The second-order valence-corrected chi connectivity index (χ2v) is 6.92. The highest BCUT2D eigenvalue weighted by atomic mass is 16.6. The fraction of sp³-hybridized carbons (Fsp3) is 0.364. The van der Waals surface area contributed by atoms with E-state index >= 15 is 0 Å². The van der Waals surface area contributed by atoms with Gasteiger partial charge in [-0.2, -0.15) is 0 Å². The predicted molar refractivity (Wildman–Crippen MR) is 107 cm³/mol. The Bertz CT molecular complexity index is 802. The minimum atomic E-state index is -0.279. The molecular weight excluding hydrogens is 356 g/mol. The zero-order valence-corrected chi connectivity index (χ0v) is 16.2. The van der Waals surface area contributed by atoms with E-state index in [2.05, 4.69) is 17.6 Å². The fourth-order valence-corrected chi connectivity index (χ4v) is 3.31. The van der Waals surface area contributed by atoms with Crippen LogP contribution in [-0.2, 0) is 16.1 Å². The van der Waals surface area contributed by atoms with Crippen LogP contribution in [0.5, 0.6) is 5.75 Å². The first-order chi connectivity index (χ1) is 13.6. The summed E-state index contributed by atoms with van der Waals surface area (Å²) in [5.41, 5.74) is 2.62. The number of ether oxygens (including phenoxy) is 2. The summed E-state index contributed by atoms with van der Waals surface area (Å²) in [6, 6.07) is 14.7. The molecule has 0 saturated carbocycles. The summed E-state index contributed by atoms with van der Waals surface area (Å²) in [4.78, 5) is 24.0. The minimum absolute atomic E-state index is 0.00321. The molecule has 6 heteroatoms. The molecule has 148 valence electrons. The van der Waals surface area contributed by atoms with E-state index in [1.54, 1.807) is 7.11 Å². The molecule has 1 aliphatic rings. The summed E-state index contributed by atoms with van der Waals surface area (Å²) < 4.78 is 10.6. The Kier molecular flexibility index (Phi) is 6.53. The first-order valence-corrected chi connectivity index (χ1v) is 9.57. The molecule has 1 aliphatic heterocycles. The summed E-state index contributed by atoms with van der Waals surface area (Å²) >= 11 is 0. The van der Waals surface area contributed by atoms with Crippen LogP contribution in [0.25, 0.3) is 0 Å². The SMILES string of the molecule is CCCC1CC(c2ccc(NC(=O)NCc3ccc(OC)cc3)cc2)OC1=O. The van der Waals surface area contributed by atoms with E-state index in [0.717, 1.165) is 36.1 Å². The first-order valence-electron chi connectivity index (χ1n) is 9.57. The number of rotatable bonds is 7. The number of methoxy groups -OCH3 is 1. The van der Waals surface area contributed by atoms with Crippen molar-refractivity contribution < 1.29 is 19.1 Å². The van der Waals surface area contributed by atoms with Gasteiger partial charge in [0, 0.05) is 18.7 Å². The van der Waals surface area contributed by atoms with Crippen molar-refractivity contribution in [3.63, 3.8) is 0 Å². The van der Waals surface area contributed by atoms with Gasteiger partial charge in [-0.1, -0.05) is 37.6 Å². The molecule has 2 unspecified atom stereocenters. The summed E-state index contributed by atoms with van der Waals surface area (Å²) in [5.74, 6) is 0.672. The molecule has 1 fully saturated rings. The van der Waals surface area contributed by atoms with Crippen LogP contribution in [0.4, 0.5) is 10.5 Å². The number of nitrogens with one attached hydrogen (secondary N) is 2. The molecule has 1 heterocycles. The number of hydrogen-bond donors (Lipinski definition) is 2. The zero-order valence-electron chi connectivity index (χ0n) is 16.2. The van der Waals surface area contributed by atoms with Crippen molar-refractivity contribution in [1.82, 2.24) is 5.32 Å². The van der Waals surface area contributed by atoms with E-state index < -0.39 is 0 Å². The maximum atomic E-state index is 12.1.